The molecule has 28 heavy (non-hydrogen) atoms. The molecule has 0 bridgehead atoms. The second-order valence-electron chi connectivity index (χ2n) is 5.75. The van der Waals surface area contributed by atoms with Crippen molar-refractivity contribution in [3.63, 3.8) is 0 Å². The molecule has 0 fully saturated rings. The van der Waals surface area contributed by atoms with E-state index in [4.69, 9.17) is 9.47 Å². The van der Waals surface area contributed by atoms with Gasteiger partial charge in [0.2, 0.25) is 0 Å². The van der Waals surface area contributed by atoms with Gasteiger partial charge in [-0.1, -0.05) is 18.2 Å². The number of guanidine groups is 1. The van der Waals surface area contributed by atoms with Gasteiger partial charge in [-0.05, 0) is 35.4 Å². The number of ether oxygens (including phenoxy) is 2. The van der Waals surface area contributed by atoms with Crippen molar-refractivity contribution >= 4 is 35.8 Å². The third-order valence-corrected chi connectivity index (χ3v) is 4.01. The van der Waals surface area contributed by atoms with Crippen LogP contribution in [0.1, 0.15) is 21.5 Å². The summed E-state index contributed by atoms with van der Waals surface area (Å²) in [5.41, 5.74) is 2.66. The van der Waals surface area contributed by atoms with E-state index in [9.17, 15) is 4.79 Å². The lowest BCUT2D eigenvalue weighted by Crippen LogP contribution is -2.36. The molecule has 3 N–H and O–H groups in total. The number of benzene rings is 2. The number of carbonyl (C=O) groups is 1. The van der Waals surface area contributed by atoms with E-state index in [-0.39, 0.29) is 29.9 Å². The van der Waals surface area contributed by atoms with Gasteiger partial charge in [0.05, 0.1) is 14.2 Å². The van der Waals surface area contributed by atoms with Gasteiger partial charge in [-0.25, -0.2) is 0 Å². The Morgan fingerprint density at radius 2 is 1.61 bits per heavy atom. The van der Waals surface area contributed by atoms with E-state index in [1.54, 1.807) is 34.4 Å². The minimum atomic E-state index is -0.104. The lowest BCUT2D eigenvalue weighted by molar-refractivity contribution is 0.0963. The normalized spacial score (nSPS) is 10.5. The number of methoxy groups -OCH3 is 2. The lowest BCUT2D eigenvalue weighted by atomic mass is 10.1. The molecule has 0 saturated heterocycles. The molecule has 0 radical (unpaired) electrons. The molecule has 2 aromatic rings. The fourth-order valence-electron chi connectivity index (χ4n) is 2.55. The molecular weight excluding hydrogens is 471 g/mol. The number of rotatable bonds is 7. The van der Waals surface area contributed by atoms with Crippen LogP contribution in [0, 0.1) is 0 Å². The predicted molar refractivity (Wildman–Crippen MR) is 122 cm³/mol. The second kappa shape index (κ2) is 12.1. The molecule has 0 unspecified atom stereocenters. The third-order valence-electron chi connectivity index (χ3n) is 4.01. The Morgan fingerprint density at radius 3 is 2.18 bits per heavy atom. The first-order chi connectivity index (χ1) is 13.1. The molecule has 2 rings (SSSR count). The van der Waals surface area contributed by atoms with Crippen molar-refractivity contribution in [1.82, 2.24) is 16.0 Å². The SMILES string of the molecule is CN=C(NCc1cccc(C(=O)NC)c1)NCc1ccc(OC)c(OC)c1.I. The first-order valence-electron chi connectivity index (χ1n) is 8.57. The summed E-state index contributed by atoms with van der Waals surface area (Å²) < 4.78 is 10.6. The van der Waals surface area contributed by atoms with Gasteiger partial charge in [0.1, 0.15) is 0 Å². The van der Waals surface area contributed by atoms with Crippen LogP contribution >= 0.6 is 24.0 Å². The fourth-order valence-corrected chi connectivity index (χ4v) is 2.55. The Morgan fingerprint density at radius 1 is 0.964 bits per heavy atom. The van der Waals surface area contributed by atoms with E-state index >= 15 is 0 Å². The molecule has 2 aromatic carbocycles. The Labute approximate surface area is 182 Å². The zero-order valence-electron chi connectivity index (χ0n) is 16.5. The van der Waals surface area contributed by atoms with E-state index in [0.29, 0.717) is 36.1 Å². The van der Waals surface area contributed by atoms with Gasteiger partial charge in [-0.2, -0.15) is 0 Å². The van der Waals surface area contributed by atoms with Crippen molar-refractivity contribution in [3.8, 4) is 11.5 Å². The molecule has 7 nitrogen and oxygen atoms in total. The van der Waals surface area contributed by atoms with Crippen molar-refractivity contribution < 1.29 is 14.3 Å². The van der Waals surface area contributed by atoms with E-state index in [1.165, 1.54) is 0 Å². The lowest BCUT2D eigenvalue weighted by Gasteiger charge is -2.14. The minimum absolute atomic E-state index is 0. The third kappa shape index (κ3) is 6.59. The Bertz CT molecular complexity index is 812. The number of hydrogen-bond donors (Lipinski definition) is 3. The monoisotopic (exact) mass is 498 g/mol. The van der Waals surface area contributed by atoms with Crippen molar-refractivity contribution in [2.45, 2.75) is 13.1 Å². The highest BCUT2D eigenvalue weighted by Gasteiger charge is 2.06. The molecule has 8 heteroatoms. The molecule has 1 amide bonds. The Hall–Kier alpha value is -2.49. The Balaban J connectivity index is 0.00000392. The van der Waals surface area contributed by atoms with Crippen LogP contribution in [-0.2, 0) is 13.1 Å². The van der Waals surface area contributed by atoms with Crippen LogP contribution in [-0.4, -0.2) is 40.2 Å². The van der Waals surface area contributed by atoms with Crippen molar-refractivity contribution in [1.29, 1.82) is 0 Å². The molecule has 0 aliphatic heterocycles. The van der Waals surface area contributed by atoms with Gasteiger partial charge in [0.25, 0.3) is 5.91 Å². The van der Waals surface area contributed by atoms with Gasteiger partial charge in [0.15, 0.2) is 17.5 Å². The van der Waals surface area contributed by atoms with Crippen molar-refractivity contribution in [2.75, 3.05) is 28.3 Å². The second-order valence-corrected chi connectivity index (χ2v) is 5.75. The Kier molecular flexibility index (Phi) is 10.1. The number of amides is 1. The van der Waals surface area contributed by atoms with Gasteiger partial charge in [0, 0.05) is 32.7 Å². The number of nitrogens with zero attached hydrogens (tertiary/aromatic N) is 1. The van der Waals surface area contributed by atoms with Crippen molar-refractivity contribution in [3.05, 3.63) is 59.2 Å². The summed E-state index contributed by atoms with van der Waals surface area (Å²) >= 11 is 0. The van der Waals surface area contributed by atoms with E-state index in [0.717, 1.165) is 11.1 Å². The first kappa shape index (κ1) is 23.5. The van der Waals surface area contributed by atoms with Crippen LogP contribution in [0.25, 0.3) is 0 Å². The highest BCUT2D eigenvalue weighted by molar-refractivity contribution is 14.0. The van der Waals surface area contributed by atoms with Gasteiger partial charge in [-0.15, -0.1) is 24.0 Å². The summed E-state index contributed by atoms with van der Waals surface area (Å²) in [5, 5.41) is 9.12. The van der Waals surface area contributed by atoms with E-state index < -0.39 is 0 Å². The van der Waals surface area contributed by atoms with E-state index in [2.05, 4.69) is 20.9 Å². The minimum Gasteiger partial charge on any atom is -0.493 e. The summed E-state index contributed by atoms with van der Waals surface area (Å²) in [4.78, 5) is 16.0. The maximum Gasteiger partial charge on any atom is 0.251 e. The number of nitrogens with one attached hydrogen (secondary N) is 3. The molecule has 0 aliphatic rings. The topological polar surface area (TPSA) is 84.0 Å². The largest absolute Gasteiger partial charge is 0.493 e. The molecule has 152 valence electrons. The molecule has 0 saturated carbocycles. The maximum atomic E-state index is 11.7. The molecule has 0 heterocycles. The van der Waals surface area contributed by atoms with Gasteiger partial charge < -0.3 is 25.4 Å². The summed E-state index contributed by atoms with van der Waals surface area (Å²) in [7, 11) is 6.56. The number of aliphatic imine (C=N–C) groups is 1. The van der Waals surface area contributed by atoms with Crippen LogP contribution in [0.4, 0.5) is 0 Å². The summed E-state index contributed by atoms with van der Waals surface area (Å²) in [6, 6.07) is 13.2. The average molecular weight is 498 g/mol. The van der Waals surface area contributed by atoms with Gasteiger partial charge >= 0.3 is 0 Å². The quantitative estimate of drug-likeness (QED) is 0.311. The van der Waals surface area contributed by atoms with Crippen LogP contribution in [0.5, 0.6) is 11.5 Å². The number of hydrogen-bond acceptors (Lipinski definition) is 4. The molecule has 0 atom stereocenters. The molecule has 0 aromatic heterocycles. The zero-order valence-corrected chi connectivity index (χ0v) is 18.9. The van der Waals surface area contributed by atoms with Crippen LogP contribution in [0.3, 0.4) is 0 Å². The maximum absolute atomic E-state index is 11.7. The number of carbonyl (C=O) groups excluding carboxylic acids is 1. The molecule has 0 aliphatic carbocycles. The van der Waals surface area contributed by atoms with Crippen molar-refractivity contribution in [2.24, 2.45) is 4.99 Å². The summed E-state index contributed by atoms with van der Waals surface area (Å²) in [5.74, 6) is 1.94. The predicted octanol–water partition coefficient (Wildman–Crippen LogP) is 2.55. The van der Waals surface area contributed by atoms with Gasteiger partial charge in [-0.3, -0.25) is 9.79 Å². The van der Waals surface area contributed by atoms with Crippen LogP contribution in [0.15, 0.2) is 47.5 Å². The smallest absolute Gasteiger partial charge is 0.251 e. The van der Waals surface area contributed by atoms with Crippen LogP contribution in [0.2, 0.25) is 0 Å². The highest BCUT2D eigenvalue weighted by atomic mass is 127. The molecule has 0 spiro atoms. The number of halogens is 1. The zero-order chi connectivity index (χ0) is 19.6. The fraction of sp³-hybridized carbons (Fsp3) is 0.300. The van der Waals surface area contributed by atoms with Crippen LogP contribution < -0.4 is 25.4 Å². The highest BCUT2D eigenvalue weighted by Crippen LogP contribution is 2.27. The summed E-state index contributed by atoms with van der Waals surface area (Å²) in [6.45, 7) is 1.13. The standard InChI is InChI=1S/C20H26N4O3.HI/c1-21-19(25)16-7-5-6-14(10-16)12-23-20(22-2)24-13-15-8-9-17(26-3)18(11-15)27-4;/h5-11H,12-13H2,1-4H3,(H,21,25)(H2,22,23,24);1H. The average Bonchev–Trinajstić information content (AvgIpc) is 2.73. The molecular formula is C20H27IN4O3. The van der Waals surface area contributed by atoms with E-state index in [1.807, 2.05) is 36.4 Å². The summed E-state index contributed by atoms with van der Waals surface area (Å²) in [6.07, 6.45) is 0. The first-order valence-corrected chi connectivity index (χ1v) is 8.57.